The molecule has 0 saturated carbocycles. The zero-order chi connectivity index (χ0) is 14.7. The Balaban J connectivity index is 2.23. The lowest BCUT2D eigenvalue weighted by molar-refractivity contribution is -0.138. The molecule has 1 fully saturated rings. The van der Waals surface area contributed by atoms with Crippen LogP contribution in [0, 0.1) is 0 Å². The number of aliphatic carboxylic acids is 1. The fourth-order valence-corrected chi connectivity index (χ4v) is 2.06. The average Bonchev–Trinajstić information content (AvgIpc) is 2.41. The number of anilines is 1. The van der Waals surface area contributed by atoms with Gasteiger partial charge in [-0.15, -0.1) is 0 Å². The minimum absolute atomic E-state index is 0.197. The largest absolute Gasteiger partial charge is 0.481 e. The Hall–Kier alpha value is -2.41. The van der Waals surface area contributed by atoms with Gasteiger partial charge in [-0.3, -0.25) is 14.4 Å². The maximum absolute atomic E-state index is 11.8. The summed E-state index contributed by atoms with van der Waals surface area (Å²) in [5.74, 6) is -2.26. The van der Waals surface area contributed by atoms with E-state index in [-0.39, 0.29) is 6.42 Å². The minimum atomic E-state index is -0.990. The SMILES string of the molecule is NC(CC(=O)O)c1cccc(N2CCNC(=O)C2=O)c1. The van der Waals surface area contributed by atoms with Crippen molar-refractivity contribution in [3.63, 3.8) is 0 Å². The summed E-state index contributed by atoms with van der Waals surface area (Å²) >= 11 is 0. The van der Waals surface area contributed by atoms with Crippen LogP contribution in [0.4, 0.5) is 5.69 Å². The van der Waals surface area contributed by atoms with Gasteiger partial charge in [0.25, 0.3) is 0 Å². The summed E-state index contributed by atoms with van der Waals surface area (Å²) in [6.07, 6.45) is -0.197. The summed E-state index contributed by atoms with van der Waals surface area (Å²) in [7, 11) is 0. The lowest BCUT2D eigenvalue weighted by Gasteiger charge is -2.27. The number of hydrogen-bond donors (Lipinski definition) is 3. The summed E-state index contributed by atoms with van der Waals surface area (Å²) in [5, 5.41) is 11.2. The fraction of sp³-hybridized carbons (Fsp3) is 0.308. The predicted molar refractivity (Wildman–Crippen MR) is 71.0 cm³/mol. The summed E-state index contributed by atoms with van der Waals surface area (Å²) in [4.78, 5) is 35.1. The van der Waals surface area contributed by atoms with E-state index in [4.69, 9.17) is 10.8 Å². The number of hydrogen-bond acceptors (Lipinski definition) is 4. The molecule has 1 unspecified atom stereocenters. The molecule has 1 aliphatic rings. The standard InChI is InChI=1S/C13H15N3O4/c14-10(7-11(17)18)8-2-1-3-9(6-8)16-5-4-15-12(19)13(16)20/h1-3,6,10H,4-5,7,14H2,(H,15,19)(H,17,18). The Morgan fingerprint density at radius 3 is 2.90 bits per heavy atom. The third-order valence-corrected chi connectivity index (χ3v) is 3.06. The van der Waals surface area contributed by atoms with Crippen molar-refractivity contribution in [1.29, 1.82) is 0 Å². The van der Waals surface area contributed by atoms with Crippen molar-refractivity contribution >= 4 is 23.5 Å². The molecule has 2 amide bonds. The van der Waals surface area contributed by atoms with Crippen LogP contribution in [0.2, 0.25) is 0 Å². The summed E-state index contributed by atoms with van der Waals surface area (Å²) in [6, 6.07) is 6.07. The highest BCUT2D eigenvalue weighted by molar-refractivity contribution is 6.41. The normalized spacial score (nSPS) is 16.8. The van der Waals surface area contributed by atoms with Crippen LogP contribution in [0.15, 0.2) is 24.3 Å². The number of benzene rings is 1. The van der Waals surface area contributed by atoms with Crippen LogP contribution >= 0.6 is 0 Å². The number of piperazine rings is 1. The highest BCUT2D eigenvalue weighted by Gasteiger charge is 2.27. The van der Waals surface area contributed by atoms with Gasteiger partial charge in [0.1, 0.15) is 0 Å². The lowest BCUT2D eigenvalue weighted by Crippen LogP contribution is -2.52. The van der Waals surface area contributed by atoms with Crippen LogP contribution in [0.5, 0.6) is 0 Å². The molecule has 1 aromatic carbocycles. The number of amides is 2. The van der Waals surface area contributed by atoms with Gasteiger partial charge >= 0.3 is 17.8 Å². The van der Waals surface area contributed by atoms with E-state index in [1.54, 1.807) is 24.3 Å². The predicted octanol–water partition coefficient (Wildman–Crippen LogP) is -0.376. The average molecular weight is 277 g/mol. The fourth-order valence-electron chi connectivity index (χ4n) is 2.06. The van der Waals surface area contributed by atoms with Crippen molar-refractivity contribution < 1.29 is 19.5 Å². The van der Waals surface area contributed by atoms with Crippen molar-refractivity contribution in [2.24, 2.45) is 5.73 Å². The first-order chi connectivity index (χ1) is 9.49. The van der Waals surface area contributed by atoms with Gasteiger partial charge in [0.15, 0.2) is 0 Å². The number of nitrogens with zero attached hydrogens (tertiary/aromatic N) is 1. The molecular weight excluding hydrogens is 262 g/mol. The van der Waals surface area contributed by atoms with E-state index >= 15 is 0 Å². The molecule has 1 saturated heterocycles. The first-order valence-corrected chi connectivity index (χ1v) is 6.16. The van der Waals surface area contributed by atoms with Gasteiger partial charge in [0.05, 0.1) is 6.42 Å². The van der Waals surface area contributed by atoms with E-state index in [1.165, 1.54) is 4.90 Å². The maximum Gasteiger partial charge on any atom is 0.316 e. The van der Waals surface area contributed by atoms with Crippen LogP contribution in [0.3, 0.4) is 0 Å². The number of carbonyl (C=O) groups excluding carboxylic acids is 2. The first-order valence-electron chi connectivity index (χ1n) is 6.16. The highest BCUT2D eigenvalue weighted by atomic mass is 16.4. The van der Waals surface area contributed by atoms with Gasteiger partial charge in [-0.1, -0.05) is 12.1 Å². The molecule has 0 bridgehead atoms. The number of nitrogens with two attached hydrogens (primary N) is 1. The summed E-state index contributed by atoms with van der Waals surface area (Å²) in [5.41, 5.74) is 6.95. The maximum atomic E-state index is 11.8. The number of nitrogens with one attached hydrogen (secondary N) is 1. The van der Waals surface area contributed by atoms with E-state index < -0.39 is 23.8 Å². The Morgan fingerprint density at radius 2 is 2.20 bits per heavy atom. The molecule has 1 aromatic rings. The third kappa shape index (κ3) is 2.94. The van der Waals surface area contributed by atoms with E-state index in [1.807, 2.05) is 0 Å². The van der Waals surface area contributed by atoms with Gasteiger partial charge in [-0.2, -0.15) is 0 Å². The number of carboxylic acids is 1. The second-order valence-electron chi connectivity index (χ2n) is 4.51. The Bertz CT molecular complexity index is 558. The molecule has 1 heterocycles. The van der Waals surface area contributed by atoms with E-state index in [0.29, 0.717) is 24.3 Å². The summed E-state index contributed by atoms with van der Waals surface area (Å²) < 4.78 is 0. The topological polar surface area (TPSA) is 113 Å². The zero-order valence-electron chi connectivity index (χ0n) is 10.7. The summed E-state index contributed by atoms with van der Waals surface area (Å²) in [6.45, 7) is 0.762. The molecular formula is C13H15N3O4. The smallest absolute Gasteiger partial charge is 0.316 e. The molecule has 1 aliphatic heterocycles. The Labute approximate surface area is 115 Å². The molecule has 0 spiro atoms. The number of carboxylic acid groups (broad SMARTS) is 1. The van der Waals surface area contributed by atoms with Gasteiger partial charge in [-0.05, 0) is 17.7 Å². The number of rotatable bonds is 4. The Morgan fingerprint density at radius 1 is 1.45 bits per heavy atom. The van der Waals surface area contributed by atoms with Crippen molar-refractivity contribution in [3.05, 3.63) is 29.8 Å². The Kier molecular flexibility index (Phi) is 3.99. The zero-order valence-corrected chi connectivity index (χ0v) is 10.7. The molecule has 0 aromatic heterocycles. The second kappa shape index (κ2) is 5.70. The van der Waals surface area contributed by atoms with Crippen LogP contribution < -0.4 is 16.0 Å². The molecule has 4 N–H and O–H groups in total. The number of carbonyl (C=O) groups is 3. The monoisotopic (exact) mass is 277 g/mol. The van der Waals surface area contributed by atoms with Gasteiger partial charge in [0.2, 0.25) is 0 Å². The van der Waals surface area contributed by atoms with Crippen molar-refractivity contribution in [2.75, 3.05) is 18.0 Å². The van der Waals surface area contributed by atoms with Gasteiger partial charge in [0, 0.05) is 24.8 Å². The van der Waals surface area contributed by atoms with Gasteiger partial charge < -0.3 is 21.1 Å². The van der Waals surface area contributed by atoms with E-state index in [2.05, 4.69) is 5.32 Å². The van der Waals surface area contributed by atoms with E-state index in [9.17, 15) is 14.4 Å². The molecule has 0 radical (unpaired) electrons. The second-order valence-corrected chi connectivity index (χ2v) is 4.51. The molecule has 20 heavy (non-hydrogen) atoms. The lowest BCUT2D eigenvalue weighted by atomic mass is 10.0. The molecule has 7 nitrogen and oxygen atoms in total. The van der Waals surface area contributed by atoms with Crippen LogP contribution in [-0.4, -0.2) is 36.0 Å². The molecule has 0 aliphatic carbocycles. The van der Waals surface area contributed by atoms with Crippen molar-refractivity contribution in [2.45, 2.75) is 12.5 Å². The van der Waals surface area contributed by atoms with Crippen LogP contribution in [-0.2, 0) is 14.4 Å². The first kappa shape index (κ1) is 14.0. The quantitative estimate of drug-likeness (QED) is 0.650. The molecule has 2 rings (SSSR count). The highest BCUT2D eigenvalue weighted by Crippen LogP contribution is 2.22. The van der Waals surface area contributed by atoms with Crippen molar-refractivity contribution in [3.8, 4) is 0 Å². The third-order valence-electron chi connectivity index (χ3n) is 3.06. The molecule has 106 valence electrons. The van der Waals surface area contributed by atoms with Crippen molar-refractivity contribution in [1.82, 2.24) is 5.32 Å². The molecule has 7 heteroatoms. The van der Waals surface area contributed by atoms with Crippen LogP contribution in [0.25, 0.3) is 0 Å². The van der Waals surface area contributed by atoms with Gasteiger partial charge in [-0.25, -0.2) is 0 Å². The van der Waals surface area contributed by atoms with Crippen LogP contribution in [0.1, 0.15) is 18.0 Å². The molecule has 1 atom stereocenters. The van der Waals surface area contributed by atoms with E-state index in [0.717, 1.165) is 0 Å². The minimum Gasteiger partial charge on any atom is -0.481 e.